The van der Waals surface area contributed by atoms with Crippen molar-refractivity contribution in [3.63, 3.8) is 0 Å². The second kappa shape index (κ2) is 7.96. The Balaban J connectivity index is 1.19. The maximum Gasteiger partial charge on any atom is 0.226 e. The number of aromatic nitrogens is 5. The SMILES string of the molecule is Cc1ccc(-n2cccn2)c(CN2CC3CN(c4ncc5ccccc5n4)CC(C2)O3)n1. The number of para-hydroxylation sites is 1. The molecule has 6 rings (SSSR count). The van der Waals surface area contributed by atoms with E-state index in [2.05, 4.69) is 25.9 Å². The van der Waals surface area contributed by atoms with Crippen LogP contribution in [0.5, 0.6) is 0 Å². The van der Waals surface area contributed by atoms with Gasteiger partial charge in [-0.25, -0.2) is 14.6 Å². The Hall–Kier alpha value is -3.36. The quantitative estimate of drug-likeness (QED) is 0.496. The van der Waals surface area contributed by atoms with Gasteiger partial charge in [0.1, 0.15) is 0 Å². The minimum Gasteiger partial charge on any atom is -0.369 e. The molecule has 8 nitrogen and oxygen atoms in total. The molecule has 0 aliphatic carbocycles. The number of hydrogen-bond donors (Lipinski definition) is 0. The number of nitrogens with zero attached hydrogens (tertiary/aromatic N) is 7. The highest BCUT2D eigenvalue weighted by atomic mass is 16.5. The molecular formula is C24H25N7O. The lowest BCUT2D eigenvalue weighted by Gasteiger charge is -2.45. The second-order valence-electron chi connectivity index (χ2n) is 8.58. The highest BCUT2D eigenvalue weighted by Gasteiger charge is 2.36. The molecule has 1 aromatic carbocycles. The number of anilines is 1. The van der Waals surface area contributed by atoms with Crippen LogP contribution in [-0.4, -0.2) is 68.0 Å². The van der Waals surface area contributed by atoms with Crippen molar-refractivity contribution < 1.29 is 4.74 Å². The van der Waals surface area contributed by atoms with E-state index in [4.69, 9.17) is 14.7 Å². The van der Waals surface area contributed by atoms with E-state index in [0.29, 0.717) is 0 Å². The largest absolute Gasteiger partial charge is 0.369 e. The van der Waals surface area contributed by atoms with Crippen LogP contribution in [0.3, 0.4) is 0 Å². The molecule has 2 aliphatic rings. The number of rotatable bonds is 4. The first-order valence-electron chi connectivity index (χ1n) is 11.0. The van der Waals surface area contributed by atoms with Gasteiger partial charge in [0.15, 0.2) is 0 Å². The Labute approximate surface area is 186 Å². The number of ether oxygens (including phenoxy) is 1. The number of aryl methyl sites for hydroxylation is 1. The summed E-state index contributed by atoms with van der Waals surface area (Å²) in [6, 6.07) is 14.2. The molecule has 3 aromatic heterocycles. The van der Waals surface area contributed by atoms with E-state index in [1.807, 2.05) is 60.4 Å². The first kappa shape index (κ1) is 19.3. The first-order chi connectivity index (χ1) is 15.7. The number of hydrogen-bond acceptors (Lipinski definition) is 7. The lowest BCUT2D eigenvalue weighted by Crippen LogP contribution is -2.59. The summed E-state index contributed by atoms with van der Waals surface area (Å²) in [6.07, 6.45) is 5.92. The third-order valence-corrected chi connectivity index (χ3v) is 6.13. The molecule has 0 N–H and O–H groups in total. The zero-order chi connectivity index (χ0) is 21.5. The van der Waals surface area contributed by atoms with Crippen molar-refractivity contribution in [1.29, 1.82) is 0 Å². The molecule has 2 unspecified atom stereocenters. The predicted octanol–water partition coefficient (Wildman–Crippen LogP) is 2.61. The molecule has 32 heavy (non-hydrogen) atoms. The van der Waals surface area contributed by atoms with Gasteiger partial charge in [-0.1, -0.05) is 18.2 Å². The number of fused-ring (bicyclic) bond motifs is 3. The molecule has 5 heterocycles. The van der Waals surface area contributed by atoms with Gasteiger partial charge in [-0.05, 0) is 31.2 Å². The minimum absolute atomic E-state index is 0.121. The summed E-state index contributed by atoms with van der Waals surface area (Å²) in [6.45, 7) is 6.10. The summed E-state index contributed by atoms with van der Waals surface area (Å²) in [5, 5.41) is 5.47. The highest BCUT2D eigenvalue weighted by molar-refractivity contribution is 5.78. The van der Waals surface area contributed by atoms with Crippen molar-refractivity contribution in [3.8, 4) is 5.69 Å². The van der Waals surface area contributed by atoms with Gasteiger partial charge in [-0.3, -0.25) is 9.88 Å². The van der Waals surface area contributed by atoms with Crippen LogP contribution in [-0.2, 0) is 11.3 Å². The van der Waals surface area contributed by atoms with Gasteiger partial charge < -0.3 is 9.64 Å². The fraction of sp³-hybridized carbons (Fsp3) is 0.333. The molecule has 2 atom stereocenters. The maximum atomic E-state index is 6.28. The summed E-state index contributed by atoms with van der Waals surface area (Å²) in [4.78, 5) is 19.0. The molecule has 8 heteroatoms. The van der Waals surface area contributed by atoms with Crippen molar-refractivity contribution in [2.24, 2.45) is 0 Å². The van der Waals surface area contributed by atoms with Gasteiger partial charge in [0.2, 0.25) is 5.95 Å². The molecule has 0 radical (unpaired) electrons. The Morgan fingerprint density at radius 1 is 0.969 bits per heavy atom. The molecule has 2 bridgehead atoms. The van der Waals surface area contributed by atoms with Crippen LogP contribution in [0.4, 0.5) is 5.95 Å². The summed E-state index contributed by atoms with van der Waals surface area (Å²) in [5.41, 5.74) is 4.07. The van der Waals surface area contributed by atoms with Crippen LogP contribution in [0.1, 0.15) is 11.4 Å². The van der Waals surface area contributed by atoms with Crippen molar-refractivity contribution in [2.45, 2.75) is 25.7 Å². The van der Waals surface area contributed by atoms with Crippen LogP contribution in [0.25, 0.3) is 16.6 Å². The lowest BCUT2D eigenvalue weighted by atomic mass is 10.1. The Bertz CT molecular complexity index is 1230. The van der Waals surface area contributed by atoms with Crippen LogP contribution >= 0.6 is 0 Å². The summed E-state index contributed by atoms with van der Waals surface area (Å²) >= 11 is 0. The Morgan fingerprint density at radius 2 is 1.81 bits per heavy atom. The van der Waals surface area contributed by atoms with Gasteiger partial charge >= 0.3 is 0 Å². The maximum absolute atomic E-state index is 6.28. The van der Waals surface area contributed by atoms with E-state index in [9.17, 15) is 0 Å². The standard InChI is InChI=1S/C24H25N7O/c1-17-7-8-23(31-10-4-9-26-31)22(27-17)16-29-12-19-14-30(15-20(13-29)32-19)24-25-11-18-5-2-3-6-21(18)28-24/h2-11,19-20H,12-16H2,1H3. The van der Waals surface area contributed by atoms with Gasteiger partial charge in [-0.2, -0.15) is 5.10 Å². The lowest BCUT2D eigenvalue weighted by molar-refractivity contribution is -0.0969. The van der Waals surface area contributed by atoms with Gasteiger partial charge in [0.05, 0.1) is 29.1 Å². The van der Waals surface area contributed by atoms with Gasteiger partial charge in [0.25, 0.3) is 0 Å². The monoisotopic (exact) mass is 427 g/mol. The van der Waals surface area contributed by atoms with Crippen molar-refractivity contribution in [1.82, 2.24) is 29.6 Å². The molecular weight excluding hydrogens is 402 g/mol. The zero-order valence-electron chi connectivity index (χ0n) is 18.0. The molecule has 2 aliphatic heterocycles. The van der Waals surface area contributed by atoms with E-state index in [-0.39, 0.29) is 12.2 Å². The van der Waals surface area contributed by atoms with Crippen molar-refractivity contribution >= 4 is 16.9 Å². The van der Waals surface area contributed by atoms with E-state index in [1.54, 1.807) is 6.20 Å². The third kappa shape index (κ3) is 3.72. The fourth-order valence-electron chi connectivity index (χ4n) is 4.73. The number of benzene rings is 1. The fourth-order valence-corrected chi connectivity index (χ4v) is 4.73. The summed E-state index contributed by atoms with van der Waals surface area (Å²) in [5.74, 6) is 0.789. The molecule has 2 saturated heterocycles. The Morgan fingerprint density at radius 3 is 2.62 bits per heavy atom. The predicted molar refractivity (Wildman–Crippen MR) is 122 cm³/mol. The Kier molecular flexibility index (Phi) is 4.81. The van der Waals surface area contributed by atoms with Gasteiger partial charge in [0, 0.05) is 62.4 Å². The normalized spacial score (nSPS) is 21.2. The average Bonchev–Trinajstić information content (AvgIpc) is 3.33. The molecule has 0 amide bonds. The topological polar surface area (TPSA) is 72.2 Å². The van der Waals surface area contributed by atoms with Crippen LogP contribution in [0.2, 0.25) is 0 Å². The highest BCUT2D eigenvalue weighted by Crippen LogP contribution is 2.25. The first-order valence-corrected chi connectivity index (χ1v) is 11.0. The van der Waals surface area contributed by atoms with E-state index >= 15 is 0 Å². The zero-order valence-corrected chi connectivity index (χ0v) is 18.0. The van der Waals surface area contributed by atoms with E-state index in [1.165, 1.54) is 0 Å². The second-order valence-corrected chi connectivity index (χ2v) is 8.58. The van der Waals surface area contributed by atoms with Crippen LogP contribution < -0.4 is 4.90 Å². The molecule has 2 fully saturated rings. The smallest absolute Gasteiger partial charge is 0.226 e. The molecule has 4 aromatic rings. The van der Waals surface area contributed by atoms with E-state index in [0.717, 1.165) is 66.7 Å². The molecule has 162 valence electrons. The third-order valence-electron chi connectivity index (χ3n) is 6.13. The van der Waals surface area contributed by atoms with Crippen LogP contribution in [0, 0.1) is 6.92 Å². The van der Waals surface area contributed by atoms with E-state index < -0.39 is 0 Å². The number of pyridine rings is 1. The van der Waals surface area contributed by atoms with Crippen LogP contribution in [0.15, 0.2) is 61.1 Å². The minimum atomic E-state index is 0.121. The van der Waals surface area contributed by atoms with Gasteiger partial charge in [-0.15, -0.1) is 0 Å². The number of morpholine rings is 2. The summed E-state index contributed by atoms with van der Waals surface area (Å²) < 4.78 is 8.17. The molecule has 0 spiro atoms. The summed E-state index contributed by atoms with van der Waals surface area (Å²) in [7, 11) is 0. The average molecular weight is 428 g/mol. The molecule has 0 saturated carbocycles. The van der Waals surface area contributed by atoms with Crippen molar-refractivity contribution in [2.75, 3.05) is 31.1 Å². The van der Waals surface area contributed by atoms with Crippen molar-refractivity contribution in [3.05, 3.63) is 72.4 Å².